The molecule has 6 heteroatoms. The average molecular weight is 265 g/mol. The molecule has 1 saturated heterocycles. The van der Waals surface area contributed by atoms with Gasteiger partial charge in [0.15, 0.2) is 0 Å². The Kier molecular flexibility index (Phi) is 4.93. The fraction of sp³-hybridized carbons (Fsp3) is 0.692. The Morgan fingerprint density at radius 2 is 2.32 bits per heavy atom. The molecule has 1 aliphatic rings. The zero-order chi connectivity index (χ0) is 13.7. The molecule has 0 radical (unpaired) electrons. The second-order valence-electron chi connectivity index (χ2n) is 5.14. The molecule has 106 valence electrons. The molecular formula is C13H23N5O. The van der Waals surface area contributed by atoms with Crippen molar-refractivity contribution in [3.63, 3.8) is 0 Å². The van der Waals surface area contributed by atoms with Crippen LogP contribution in [0.4, 0.5) is 0 Å². The Labute approximate surface area is 114 Å². The Morgan fingerprint density at radius 1 is 1.47 bits per heavy atom. The first-order valence-electron chi connectivity index (χ1n) is 6.80. The SMILES string of the molecule is CN(C)C(=O)C1CNCCN1CCCn1ccnc1. The molecule has 1 aliphatic heterocycles. The molecule has 1 N–H and O–H groups in total. The number of likely N-dealkylation sites (N-methyl/N-ethyl adjacent to an activating group) is 1. The molecule has 6 nitrogen and oxygen atoms in total. The highest BCUT2D eigenvalue weighted by atomic mass is 16.2. The standard InChI is InChI=1S/C13H23N5O/c1-16(2)13(19)12-10-14-5-9-18(12)7-3-6-17-8-4-15-11-17/h4,8,11-12,14H,3,5-7,9-10H2,1-2H3. The second-order valence-corrected chi connectivity index (χ2v) is 5.14. The van der Waals surface area contributed by atoms with Crippen molar-refractivity contribution in [2.24, 2.45) is 0 Å². The molecule has 19 heavy (non-hydrogen) atoms. The first-order chi connectivity index (χ1) is 9.18. The predicted octanol–water partition coefficient (Wildman–Crippen LogP) is -0.365. The first kappa shape index (κ1) is 14.0. The van der Waals surface area contributed by atoms with E-state index in [1.165, 1.54) is 0 Å². The topological polar surface area (TPSA) is 53.4 Å². The number of amides is 1. The van der Waals surface area contributed by atoms with E-state index >= 15 is 0 Å². The van der Waals surface area contributed by atoms with E-state index in [1.807, 2.05) is 26.6 Å². The van der Waals surface area contributed by atoms with Gasteiger partial charge in [-0.05, 0) is 6.42 Å². The van der Waals surface area contributed by atoms with E-state index in [9.17, 15) is 4.79 Å². The number of nitrogens with one attached hydrogen (secondary N) is 1. The van der Waals surface area contributed by atoms with Crippen LogP contribution in [0.5, 0.6) is 0 Å². The van der Waals surface area contributed by atoms with Gasteiger partial charge in [0.05, 0.1) is 6.33 Å². The number of piperazine rings is 1. The van der Waals surface area contributed by atoms with Gasteiger partial charge < -0.3 is 14.8 Å². The van der Waals surface area contributed by atoms with E-state index in [-0.39, 0.29) is 11.9 Å². The van der Waals surface area contributed by atoms with Crippen molar-refractivity contribution in [2.45, 2.75) is 19.0 Å². The molecule has 0 bridgehead atoms. The fourth-order valence-corrected chi connectivity index (χ4v) is 2.43. The van der Waals surface area contributed by atoms with Gasteiger partial charge in [0.2, 0.25) is 5.91 Å². The molecule has 1 atom stereocenters. The number of nitrogens with zero attached hydrogens (tertiary/aromatic N) is 4. The maximum Gasteiger partial charge on any atom is 0.240 e. The molecule has 0 spiro atoms. The van der Waals surface area contributed by atoms with Crippen LogP contribution in [0.15, 0.2) is 18.7 Å². The minimum atomic E-state index is -0.0217. The van der Waals surface area contributed by atoms with Crippen molar-refractivity contribution in [3.8, 4) is 0 Å². The Bertz CT molecular complexity index is 390. The normalized spacial score (nSPS) is 20.4. The number of rotatable bonds is 5. The van der Waals surface area contributed by atoms with Crippen LogP contribution in [-0.4, -0.2) is 71.6 Å². The molecule has 0 aliphatic carbocycles. The molecule has 2 rings (SSSR count). The summed E-state index contributed by atoms with van der Waals surface area (Å²) < 4.78 is 2.07. The number of aryl methyl sites for hydroxylation is 1. The van der Waals surface area contributed by atoms with Crippen LogP contribution >= 0.6 is 0 Å². The summed E-state index contributed by atoms with van der Waals surface area (Å²) in [6.45, 7) is 4.55. The molecule has 1 aromatic rings. The van der Waals surface area contributed by atoms with Crippen LogP contribution < -0.4 is 5.32 Å². The van der Waals surface area contributed by atoms with Crippen LogP contribution in [-0.2, 0) is 11.3 Å². The lowest BCUT2D eigenvalue weighted by Gasteiger charge is -2.36. The largest absolute Gasteiger partial charge is 0.347 e. The minimum absolute atomic E-state index is 0.0217. The lowest BCUT2D eigenvalue weighted by Crippen LogP contribution is -2.57. The van der Waals surface area contributed by atoms with E-state index in [4.69, 9.17) is 0 Å². The summed E-state index contributed by atoms with van der Waals surface area (Å²) in [7, 11) is 3.64. The van der Waals surface area contributed by atoms with Gasteiger partial charge >= 0.3 is 0 Å². The fourth-order valence-electron chi connectivity index (χ4n) is 2.43. The number of carbonyl (C=O) groups is 1. The summed E-state index contributed by atoms with van der Waals surface area (Å²) in [5.74, 6) is 0.190. The van der Waals surface area contributed by atoms with Gasteiger partial charge in [0.25, 0.3) is 0 Å². The summed E-state index contributed by atoms with van der Waals surface area (Å²) >= 11 is 0. The maximum atomic E-state index is 12.1. The second kappa shape index (κ2) is 6.68. The van der Waals surface area contributed by atoms with Crippen molar-refractivity contribution in [1.29, 1.82) is 0 Å². The Hall–Kier alpha value is -1.40. The lowest BCUT2D eigenvalue weighted by molar-refractivity contribution is -0.135. The van der Waals surface area contributed by atoms with Crippen LogP contribution in [0.3, 0.4) is 0 Å². The Morgan fingerprint density at radius 3 is 3.00 bits per heavy atom. The number of aromatic nitrogens is 2. The molecular weight excluding hydrogens is 242 g/mol. The van der Waals surface area contributed by atoms with Gasteiger partial charge in [-0.1, -0.05) is 0 Å². The summed E-state index contributed by atoms with van der Waals surface area (Å²) in [5, 5.41) is 3.30. The molecule has 1 aromatic heterocycles. The summed E-state index contributed by atoms with van der Waals surface area (Å²) in [6.07, 6.45) is 6.64. The van der Waals surface area contributed by atoms with Gasteiger partial charge in [-0.15, -0.1) is 0 Å². The highest BCUT2D eigenvalue weighted by Gasteiger charge is 2.28. The zero-order valence-electron chi connectivity index (χ0n) is 11.7. The lowest BCUT2D eigenvalue weighted by atomic mass is 10.1. The monoisotopic (exact) mass is 265 g/mol. The third kappa shape index (κ3) is 3.78. The number of carbonyl (C=O) groups excluding carboxylic acids is 1. The van der Waals surface area contributed by atoms with Gasteiger partial charge in [-0.25, -0.2) is 4.98 Å². The van der Waals surface area contributed by atoms with Crippen LogP contribution in [0.25, 0.3) is 0 Å². The predicted molar refractivity (Wildman–Crippen MR) is 73.8 cm³/mol. The highest BCUT2D eigenvalue weighted by Crippen LogP contribution is 2.07. The number of hydrogen-bond donors (Lipinski definition) is 1. The number of imidazole rings is 1. The molecule has 0 aromatic carbocycles. The minimum Gasteiger partial charge on any atom is -0.347 e. The van der Waals surface area contributed by atoms with Gasteiger partial charge in [-0.2, -0.15) is 0 Å². The molecule has 1 unspecified atom stereocenters. The van der Waals surface area contributed by atoms with E-state index in [0.29, 0.717) is 0 Å². The third-order valence-electron chi connectivity index (χ3n) is 3.50. The smallest absolute Gasteiger partial charge is 0.240 e. The van der Waals surface area contributed by atoms with E-state index < -0.39 is 0 Å². The zero-order valence-corrected chi connectivity index (χ0v) is 11.7. The quantitative estimate of drug-likeness (QED) is 0.789. The molecule has 1 amide bonds. The van der Waals surface area contributed by atoms with E-state index in [1.54, 1.807) is 11.1 Å². The number of hydrogen-bond acceptors (Lipinski definition) is 4. The van der Waals surface area contributed by atoms with Crippen molar-refractivity contribution in [1.82, 2.24) is 24.7 Å². The van der Waals surface area contributed by atoms with Gasteiger partial charge in [0.1, 0.15) is 6.04 Å². The van der Waals surface area contributed by atoms with Gasteiger partial charge in [-0.3, -0.25) is 9.69 Å². The van der Waals surface area contributed by atoms with Crippen molar-refractivity contribution >= 4 is 5.91 Å². The van der Waals surface area contributed by atoms with Crippen LogP contribution in [0.2, 0.25) is 0 Å². The van der Waals surface area contributed by atoms with Crippen LogP contribution in [0, 0.1) is 0 Å². The summed E-state index contributed by atoms with van der Waals surface area (Å²) in [6, 6.07) is -0.0217. The highest BCUT2D eigenvalue weighted by molar-refractivity contribution is 5.81. The molecule has 1 fully saturated rings. The summed E-state index contributed by atoms with van der Waals surface area (Å²) in [5.41, 5.74) is 0. The van der Waals surface area contributed by atoms with E-state index in [0.717, 1.165) is 39.1 Å². The molecule has 2 heterocycles. The maximum absolute atomic E-state index is 12.1. The van der Waals surface area contributed by atoms with E-state index in [2.05, 4.69) is 19.8 Å². The van der Waals surface area contributed by atoms with Crippen molar-refractivity contribution in [3.05, 3.63) is 18.7 Å². The van der Waals surface area contributed by atoms with Crippen LogP contribution in [0.1, 0.15) is 6.42 Å². The average Bonchev–Trinajstić information content (AvgIpc) is 2.91. The first-order valence-corrected chi connectivity index (χ1v) is 6.80. The molecule has 0 saturated carbocycles. The third-order valence-corrected chi connectivity index (χ3v) is 3.50. The Balaban J connectivity index is 1.83. The van der Waals surface area contributed by atoms with Crippen molar-refractivity contribution in [2.75, 3.05) is 40.3 Å². The van der Waals surface area contributed by atoms with Gasteiger partial charge in [0, 0.05) is 59.2 Å². The summed E-state index contributed by atoms with van der Waals surface area (Å²) in [4.78, 5) is 20.1. The van der Waals surface area contributed by atoms with Crippen molar-refractivity contribution < 1.29 is 4.79 Å².